The Morgan fingerprint density at radius 1 is 1.33 bits per heavy atom. The van der Waals surface area contributed by atoms with Crippen molar-refractivity contribution in [2.75, 3.05) is 24.6 Å². The van der Waals surface area contributed by atoms with Crippen LogP contribution in [0, 0.1) is 0 Å². The second kappa shape index (κ2) is 6.79. The topological polar surface area (TPSA) is 84.2 Å². The van der Waals surface area contributed by atoms with Crippen molar-refractivity contribution in [2.45, 2.75) is 25.9 Å². The maximum Gasteiger partial charge on any atom is 0.390 e. The molecule has 4 N–H and O–H groups in total. The average molecular weight is 323 g/mol. The van der Waals surface area contributed by atoms with Crippen LogP contribution in [0.1, 0.15) is 39.8 Å². The standard InChI is InChI=1S/C12H16F3N3O2S/c1-3-6(19)9-8(16)7(10(20)17-2)11(21-9)18-5-4-12(13,14)15/h18H,3-5,16H2,1-2H3,(H,17,20). The van der Waals surface area contributed by atoms with Crippen LogP contribution in [0.25, 0.3) is 0 Å². The zero-order chi connectivity index (χ0) is 16.2. The van der Waals surface area contributed by atoms with Crippen molar-refractivity contribution < 1.29 is 22.8 Å². The Kier molecular flexibility index (Phi) is 5.59. The molecule has 1 heterocycles. The van der Waals surface area contributed by atoms with Crippen LogP contribution in [-0.4, -0.2) is 31.5 Å². The summed E-state index contributed by atoms with van der Waals surface area (Å²) in [5.74, 6) is -0.806. The van der Waals surface area contributed by atoms with Crippen molar-refractivity contribution in [3.05, 3.63) is 10.4 Å². The van der Waals surface area contributed by atoms with Crippen molar-refractivity contribution in [1.29, 1.82) is 0 Å². The van der Waals surface area contributed by atoms with Crippen LogP contribution in [0.4, 0.5) is 23.9 Å². The zero-order valence-corrected chi connectivity index (χ0v) is 12.4. The number of thiophene rings is 1. The molecule has 21 heavy (non-hydrogen) atoms. The predicted molar refractivity (Wildman–Crippen MR) is 75.9 cm³/mol. The fourth-order valence-corrected chi connectivity index (χ4v) is 2.76. The molecule has 0 radical (unpaired) electrons. The zero-order valence-electron chi connectivity index (χ0n) is 11.6. The number of nitrogen functional groups attached to an aromatic ring is 1. The number of hydrogen-bond acceptors (Lipinski definition) is 5. The van der Waals surface area contributed by atoms with E-state index in [0.29, 0.717) is 0 Å². The summed E-state index contributed by atoms with van der Waals surface area (Å²) in [6.07, 6.45) is -5.15. The molecule has 0 atom stereocenters. The van der Waals surface area contributed by atoms with Gasteiger partial charge in [-0.25, -0.2) is 0 Å². The van der Waals surface area contributed by atoms with Crippen molar-refractivity contribution in [3.8, 4) is 0 Å². The van der Waals surface area contributed by atoms with Gasteiger partial charge in [-0.15, -0.1) is 11.3 Å². The van der Waals surface area contributed by atoms with E-state index < -0.39 is 25.0 Å². The van der Waals surface area contributed by atoms with E-state index in [0.717, 1.165) is 11.3 Å². The Labute approximate surface area is 123 Å². The van der Waals surface area contributed by atoms with Crippen LogP contribution in [0.5, 0.6) is 0 Å². The summed E-state index contributed by atoms with van der Waals surface area (Å²) in [7, 11) is 1.38. The quantitative estimate of drug-likeness (QED) is 0.703. The summed E-state index contributed by atoms with van der Waals surface area (Å²) in [5.41, 5.74) is 5.80. The number of halogens is 3. The number of nitrogens with one attached hydrogen (secondary N) is 2. The third-order valence-corrected chi connectivity index (χ3v) is 3.87. The maximum atomic E-state index is 12.2. The van der Waals surface area contributed by atoms with Crippen LogP contribution in [-0.2, 0) is 0 Å². The number of anilines is 2. The molecule has 0 aromatic carbocycles. The minimum absolute atomic E-state index is 0.000656. The lowest BCUT2D eigenvalue weighted by atomic mass is 10.1. The van der Waals surface area contributed by atoms with Crippen LogP contribution in [0.15, 0.2) is 0 Å². The van der Waals surface area contributed by atoms with E-state index in [1.54, 1.807) is 6.92 Å². The molecule has 1 aromatic rings. The van der Waals surface area contributed by atoms with Gasteiger partial charge in [-0.2, -0.15) is 13.2 Å². The summed E-state index contributed by atoms with van der Waals surface area (Å²) >= 11 is 0.899. The molecule has 1 rings (SSSR count). The number of carbonyl (C=O) groups excluding carboxylic acids is 2. The number of carbonyl (C=O) groups is 2. The van der Waals surface area contributed by atoms with E-state index in [1.807, 2.05) is 0 Å². The van der Waals surface area contributed by atoms with Crippen molar-refractivity contribution in [1.82, 2.24) is 5.32 Å². The summed E-state index contributed by atoms with van der Waals surface area (Å²) in [6, 6.07) is 0. The van der Waals surface area contributed by atoms with Gasteiger partial charge in [-0.3, -0.25) is 9.59 Å². The molecule has 0 aliphatic rings. The largest absolute Gasteiger partial charge is 0.397 e. The third kappa shape index (κ3) is 4.35. The fraction of sp³-hybridized carbons (Fsp3) is 0.500. The van der Waals surface area contributed by atoms with Crippen LogP contribution in [0.3, 0.4) is 0 Å². The van der Waals surface area contributed by atoms with Gasteiger partial charge in [0, 0.05) is 20.0 Å². The first kappa shape index (κ1) is 17.3. The third-order valence-electron chi connectivity index (χ3n) is 2.67. The lowest BCUT2D eigenvalue weighted by Gasteiger charge is -2.09. The molecular formula is C12H16F3N3O2S. The monoisotopic (exact) mass is 323 g/mol. The molecule has 0 aliphatic heterocycles. The number of hydrogen-bond donors (Lipinski definition) is 3. The smallest absolute Gasteiger partial charge is 0.390 e. The summed E-state index contributed by atoms with van der Waals surface area (Å²) < 4.78 is 36.5. The van der Waals surface area contributed by atoms with Gasteiger partial charge in [-0.1, -0.05) is 6.92 Å². The van der Waals surface area contributed by atoms with Gasteiger partial charge in [0.15, 0.2) is 5.78 Å². The molecule has 0 saturated heterocycles. The molecule has 0 unspecified atom stereocenters. The van der Waals surface area contributed by atoms with Gasteiger partial charge in [0.05, 0.1) is 22.5 Å². The highest BCUT2D eigenvalue weighted by atomic mass is 32.1. The molecule has 0 bridgehead atoms. The average Bonchev–Trinajstić information content (AvgIpc) is 2.72. The first-order valence-corrected chi connectivity index (χ1v) is 7.01. The molecule has 0 saturated carbocycles. The van der Waals surface area contributed by atoms with E-state index in [1.165, 1.54) is 7.05 Å². The second-order valence-corrected chi connectivity index (χ2v) is 5.22. The van der Waals surface area contributed by atoms with Gasteiger partial charge < -0.3 is 16.4 Å². The normalized spacial score (nSPS) is 11.3. The minimum Gasteiger partial charge on any atom is -0.397 e. The van der Waals surface area contributed by atoms with Gasteiger partial charge in [-0.05, 0) is 0 Å². The van der Waals surface area contributed by atoms with E-state index in [2.05, 4.69) is 10.6 Å². The van der Waals surface area contributed by atoms with Gasteiger partial charge >= 0.3 is 6.18 Å². The highest BCUT2D eigenvalue weighted by Gasteiger charge is 2.28. The lowest BCUT2D eigenvalue weighted by molar-refractivity contribution is -0.131. The highest BCUT2D eigenvalue weighted by molar-refractivity contribution is 7.19. The van der Waals surface area contributed by atoms with E-state index in [9.17, 15) is 22.8 Å². The Bertz CT molecular complexity index is 541. The maximum absolute atomic E-state index is 12.2. The number of Topliss-reactive ketones (excluding diaryl/α,β-unsaturated/α-hetero) is 1. The molecule has 1 amide bonds. The number of amides is 1. The molecule has 0 aliphatic carbocycles. The Morgan fingerprint density at radius 2 is 1.95 bits per heavy atom. The summed E-state index contributed by atoms with van der Waals surface area (Å²) in [6.45, 7) is 1.24. The number of ketones is 1. The first-order valence-electron chi connectivity index (χ1n) is 6.19. The SMILES string of the molecule is CCC(=O)c1sc(NCCC(F)(F)F)c(C(=O)NC)c1N. The number of rotatable bonds is 6. The summed E-state index contributed by atoms with van der Waals surface area (Å²) in [4.78, 5) is 23.7. The Hall–Kier alpha value is -1.77. The summed E-state index contributed by atoms with van der Waals surface area (Å²) in [5, 5.41) is 5.06. The van der Waals surface area contributed by atoms with E-state index in [4.69, 9.17) is 5.73 Å². The van der Waals surface area contributed by atoms with Crippen LogP contribution in [0.2, 0.25) is 0 Å². The number of nitrogens with two attached hydrogens (primary N) is 1. The number of alkyl halides is 3. The lowest BCUT2D eigenvalue weighted by Crippen LogP contribution is -2.21. The molecule has 0 spiro atoms. The molecule has 9 heteroatoms. The fourth-order valence-electron chi connectivity index (χ4n) is 1.60. The molecule has 1 aromatic heterocycles. The van der Waals surface area contributed by atoms with Crippen molar-refractivity contribution >= 4 is 33.7 Å². The predicted octanol–water partition coefficient (Wildman–Crippen LogP) is 2.65. The molecule has 118 valence electrons. The van der Waals surface area contributed by atoms with Gasteiger partial charge in [0.1, 0.15) is 5.00 Å². The Morgan fingerprint density at radius 3 is 2.43 bits per heavy atom. The van der Waals surface area contributed by atoms with Crippen LogP contribution < -0.4 is 16.4 Å². The van der Waals surface area contributed by atoms with E-state index in [-0.39, 0.29) is 33.3 Å². The van der Waals surface area contributed by atoms with Crippen molar-refractivity contribution in [2.24, 2.45) is 0 Å². The van der Waals surface area contributed by atoms with Crippen LogP contribution >= 0.6 is 11.3 Å². The Balaban J connectivity index is 3.06. The first-order chi connectivity index (χ1) is 9.71. The second-order valence-electron chi connectivity index (χ2n) is 4.20. The molecule has 0 fully saturated rings. The van der Waals surface area contributed by atoms with Gasteiger partial charge in [0.25, 0.3) is 5.91 Å². The highest BCUT2D eigenvalue weighted by Crippen LogP contribution is 2.36. The minimum atomic E-state index is -4.30. The molecule has 5 nitrogen and oxygen atoms in total. The van der Waals surface area contributed by atoms with E-state index >= 15 is 0 Å². The molecular weight excluding hydrogens is 307 g/mol. The van der Waals surface area contributed by atoms with Gasteiger partial charge in [0.2, 0.25) is 0 Å². The van der Waals surface area contributed by atoms with Crippen molar-refractivity contribution in [3.63, 3.8) is 0 Å².